The number of benzene rings is 1. The van der Waals surface area contributed by atoms with Gasteiger partial charge in [-0.15, -0.1) is 0 Å². The van der Waals surface area contributed by atoms with Gasteiger partial charge in [0.05, 0.1) is 6.07 Å². The Hall–Kier alpha value is -2.35. The fourth-order valence-corrected chi connectivity index (χ4v) is 1.93. The number of aryl methyl sites for hydroxylation is 2. The number of nitriles is 1. The number of esters is 1. The summed E-state index contributed by atoms with van der Waals surface area (Å²) in [5.74, 6) is -1.83. The van der Waals surface area contributed by atoms with Gasteiger partial charge in [-0.05, 0) is 42.5 Å². The van der Waals surface area contributed by atoms with Crippen molar-refractivity contribution in [2.24, 2.45) is 11.7 Å². The van der Waals surface area contributed by atoms with E-state index in [1.165, 1.54) is 6.92 Å². The summed E-state index contributed by atoms with van der Waals surface area (Å²) in [7, 11) is 0. The summed E-state index contributed by atoms with van der Waals surface area (Å²) in [5, 5.41) is 8.93. The molecule has 106 valence electrons. The molecule has 5 nitrogen and oxygen atoms in total. The molecule has 0 saturated carbocycles. The predicted octanol–water partition coefficient (Wildman–Crippen LogP) is 1.53. The van der Waals surface area contributed by atoms with E-state index in [0.29, 0.717) is 0 Å². The van der Waals surface area contributed by atoms with Crippen LogP contribution in [0.3, 0.4) is 0 Å². The fraction of sp³-hybridized carbons (Fsp3) is 0.400. The first-order valence-corrected chi connectivity index (χ1v) is 6.26. The zero-order valence-corrected chi connectivity index (χ0v) is 11.9. The molecule has 0 aliphatic heterocycles. The van der Waals surface area contributed by atoms with Gasteiger partial charge in [0, 0.05) is 6.92 Å². The number of carbonyl (C=O) groups excluding carboxylic acids is 2. The maximum atomic E-state index is 11.1. The standard InChI is InChI=1S/C15H18N2O3/c1-9-4-10(2)14(8-20-11(3)18)6-12(9)5-13(7-16)15(17)19/h4,6,13H,5,8H2,1-3H3,(H2,17,19). The fourth-order valence-electron chi connectivity index (χ4n) is 1.93. The molecule has 2 N–H and O–H groups in total. The number of nitrogens with two attached hydrogens (primary N) is 1. The number of hydrogen-bond acceptors (Lipinski definition) is 4. The molecule has 0 spiro atoms. The molecule has 1 atom stereocenters. The third-order valence-corrected chi connectivity index (χ3v) is 3.15. The number of primary amides is 1. The summed E-state index contributed by atoms with van der Waals surface area (Å²) in [6.07, 6.45) is 0.269. The van der Waals surface area contributed by atoms with Gasteiger partial charge in [0.15, 0.2) is 0 Å². The van der Waals surface area contributed by atoms with Gasteiger partial charge in [0.1, 0.15) is 12.5 Å². The van der Waals surface area contributed by atoms with Crippen LogP contribution in [-0.4, -0.2) is 11.9 Å². The predicted molar refractivity (Wildman–Crippen MR) is 73.4 cm³/mol. The van der Waals surface area contributed by atoms with Crippen LogP contribution in [0.25, 0.3) is 0 Å². The lowest BCUT2D eigenvalue weighted by atomic mass is 9.93. The van der Waals surface area contributed by atoms with Crippen molar-refractivity contribution in [1.82, 2.24) is 0 Å². The summed E-state index contributed by atoms with van der Waals surface area (Å²) >= 11 is 0. The van der Waals surface area contributed by atoms with Crippen LogP contribution >= 0.6 is 0 Å². The van der Waals surface area contributed by atoms with Crippen LogP contribution in [0.1, 0.15) is 29.2 Å². The zero-order chi connectivity index (χ0) is 15.3. The van der Waals surface area contributed by atoms with Crippen LogP contribution in [0.2, 0.25) is 0 Å². The second-order valence-corrected chi connectivity index (χ2v) is 4.77. The molecule has 0 saturated heterocycles. The largest absolute Gasteiger partial charge is 0.461 e. The van der Waals surface area contributed by atoms with Crippen molar-refractivity contribution in [3.63, 3.8) is 0 Å². The van der Waals surface area contributed by atoms with E-state index in [-0.39, 0.29) is 19.0 Å². The van der Waals surface area contributed by atoms with Gasteiger partial charge < -0.3 is 10.5 Å². The molecule has 0 aliphatic rings. The van der Waals surface area contributed by atoms with Crippen molar-refractivity contribution in [1.29, 1.82) is 5.26 Å². The van der Waals surface area contributed by atoms with Crippen molar-refractivity contribution in [3.05, 3.63) is 34.4 Å². The molecule has 1 aromatic rings. The highest BCUT2D eigenvalue weighted by Gasteiger charge is 2.17. The van der Waals surface area contributed by atoms with Gasteiger partial charge in [-0.3, -0.25) is 9.59 Å². The van der Waals surface area contributed by atoms with Crippen LogP contribution in [0, 0.1) is 31.1 Å². The van der Waals surface area contributed by atoms with Crippen LogP contribution in [0.4, 0.5) is 0 Å². The molecule has 0 aromatic heterocycles. The quantitative estimate of drug-likeness (QED) is 0.824. The molecule has 1 unspecified atom stereocenters. The van der Waals surface area contributed by atoms with E-state index in [9.17, 15) is 9.59 Å². The van der Waals surface area contributed by atoms with E-state index >= 15 is 0 Å². The summed E-state index contributed by atoms with van der Waals surface area (Å²) < 4.78 is 4.99. The Morgan fingerprint density at radius 2 is 1.90 bits per heavy atom. The number of hydrogen-bond donors (Lipinski definition) is 1. The molecule has 0 fully saturated rings. The zero-order valence-electron chi connectivity index (χ0n) is 11.9. The second-order valence-electron chi connectivity index (χ2n) is 4.77. The number of carbonyl (C=O) groups is 2. The Balaban J connectivity index is 3.02. The van der Waals surface area contributed by atoms with Crippen LogP contribution in [0.15, 0.2) is 12.1 Å². The number of rotatable bonds is 5. The molecule has 20 heavy (non-hydrogen) atoms. The molecule has 0 bridgehead atoms. The monoisotopic (exact) mass is 274 g/mol. The van der Waals surface area contributed by atoms with Gasteiger partial charge in [0.25, 0.3) is 0 Å². The highest BCUT2D eigenvalue weighted by Crippen LogP contribution is 2.20. The normalized spacial score (nSPS) is 11.5. The van der Waals surface area contributed by atoms with Crippen molar-refractivity contribution in [2.75, 3.05) is 0 Å². The minimum absolute atomic E-state index is 0.183. The van der Waals surface area contributed by atoms with Gasteiger partial charge in [-0.1, -0.05) is 12.1 Å². The average Bonchev–Trinajstić information content (AvgIpc) is 2.35. The number of nitrogens with zero attached hydrogens (tertiary/aromatic N) is 1. The Kier molecular flexibility index (Phi) is 5.27. The molecule has 1 aromatic carbocycles. The SMILES string of the molecule is CC(=O)OCc1cc(CC(C#N)C(N)=O)c(C)cc1C. The molecule has 0 radical (unpaired) electrons. The topological polar surface area (TPSA) is 93.2 Å². The van der Waals surface area contributed by atoms with Crippen LogP contribution < -0.4 is 5.73 Å². The Labute approximate surface area is 118 Å². The van der Waals surface area contributed by atoms with E-state index in [4.69, 9.17) is 15.7 Å². The van der Waals surface area contributed by atoms with Crippen molar-refractivity contribution in [3.8, 4) is 6.07 Å². The first-order valence-electron chi connectivity index (χ1n) is 6.26. The molecular formula is C15H18N2O3. The van der Waals surface area contributed by atoms with E-state index < -0.39 is 11.8 Å². The van der Waals surface area contributed by atoms with Crippen molar-refractivity contribution in [2.45, 2.75) is 33.8 Å². The molecular weight excluding hydrogens is 256 g/mol. The van der Waals surface area contributed by atoms with Gasteiger partial charge in [-0.25, -0.2) is 0 Å². The summed E-state index contributed by atoms with van der Waals surface area (Å²) in [6, 6.07) is 5.71. The lowest BCUT2D eigenvalue weighted by Crippen LogP contribution is -2.24. The molecule has 5 heteroatoms. The smallest absolute Gasteiger partial charge is 0.302 e. The van der Waals surface area contributed by atoms with E-state index in [0.717, 1.165) is 22.3 Å². The van der Waals surface area contributed by atoms with Gasteiger partial charge >= 0.3 is 5.97 Å². The molecule has 1 rings (SSSR count). The van der Waals surface area contributed by atoms with Crippen LogP contribution in [-0.2, 0) is 27.4 Å². The van der Waals surface area contributed by atoms with E-state index in [2.05, 4.69) is 0 Å². The molecule has 0 aliphatic carbocycles. The van der Waals surface area contributed by atoms with E-state index in [1.54, 1.807) is 0 Å². The van der Waals surface area contributed by atoms with Crippen molar-refractivity contribution >= 4 is 11.9 Å². The average molecular weight is 274 g/mol. The lowest BCUT2D eigenvalue weighted by molar-refractivity contribution is -0.142. The first kappa shape index (κ1) is 15.7. The van der Waals surface area contributed by atoms with Crippen molar-refractivity contribution < 1.29 is 14.3 Å². The maximum absolute atomic E-state index is 11.1. The maximum Gasteiger partial charge on any atom is 0.302 e. The molecule has 0 heterocycles. The summed E-state index contributed by atoms with van der Waals surface area (Å²) in [5.41, 5.74) is 8.89. The lowest BCUT2D eigenvalue weighted by Gasteiger charge is -2.13. The first-order chi connectivity index (χ1) is 9.35. The minimum atomic E-state index is -0.849. The Morgan fingerprint density at radius 1 is 1.30 bits per heavy atom. The van der Waals surface area contributed by atoms with Gasteiger partial charge in [0.2, 0.25) is 5.91 Å². The summed E-state index contributed by atoms with van der Waals surface area (Å²) in [4.78, 5) is 22.0. The molecule has 1 amide bonds. The summed E-state index contributed by atoms with van der Waals surface area (Å²) in [6.45, 7) is 5.37. The second kappa shape index (κ2) is 6.71. The number of amides is 1. The third kappa shape index (κ3) is 4.09. The van der Waals surface area contributed by atoms with Gasteiger partial charge in [-0.2, -0.15) is 5.26 Å². The third-order valence-electron chi connectivity index (χ3n) is 3.15. The highest BCUT2D eigenvalue weighted by atomic mass is 16.5. The number of ether oxygens (including phenoxy) is 1. The highest BCUT2D eigenvalue weighted by molar-refractivity contribution is 5.79. The minimum Gasteiger partial charge on any atom is -0.461 e. The Bertz CT molecular complexity index is 573. The van der Waals surface area contributed by atoms with Crippen LogP contribution in [0.5, 0.6) is 0 Å². The Morgan fingerprint density at radius 3 is 2.40 bits per heavy atom. The van der Waals surface area contributed by atoms with E-state index in [1.807, 2.05) is 32.0 Å².